The first kappa shape index (κ1) is 25.4. The van der Waals surface area contributed by atoms with E-state index in [0.717, 1.165) is 32.7 Å². The van der Waals surface area contributed by atoms with Crippen molar-refractivity contribution in [2.24, 2.45) is 0 Å². The molecule has 9 heteroatoms. The lowest BCUT2D eigenvalue weighted by Gasteiger charge is -2.34. The van der Waals surface area contributed by atoms with Crippen LogP contribution in [0.5, 0.6) is 5.75 Å². The summed E-state index contributed by atoms with van der Waals surface area (Å²) in [6.07, 6.45) is 0.315. The number of ether oxygens (including phenoxy) is 1. The summed E-state index contributed by atoms with van der Waals surface area (Å²) in [4.78, 5) is 27.7. The molecule has 3 aromatic rings. The van der Waals surface area contributed by atoms with Gasteiger partial charge >= 0.3 is 0 Å². The lowest BCUT2D eigenvalue weighted by atomic mass is 10.0. The second-order valence-electron chi connectivity index (χ2n) is 8.20. The summed E-state index contributed by atoms with van der Waals surface area (Å²) < 4.78 is 5.21. The summed E-state index contributed by atoms with van der Waals surface area (Å²) in [6.45, 7) is 5.26. The van der Waals surface area contributed by atoms with Gasteiger partial charge in [-0.2, -0.15) is 0 Å². The number of non-ortho nitro benzene ring substituents is 1. The van der Waals surface area contributed by atoms with Crippen molar-refractivity contribution in [3.63, 3.8) is 0 Å². The second kappa shape index (κ2) is 11.8. The van der Waals surface area contributed by atoms with Gasteiger partial charge in [0.2, 0.25) is 5.91 Å². The maximum atomic E-state index is 12.5. The molecular formula is C25H29ClN4O4. The van der Waals surface area contributed by atoms with Crippen molar-refractivity contribution in [3.05, 3.63) is 76.3 Å². The third-order valence-corrected chi connectivity index (χ3v) is 6.06. The number of nitro benzene ring substituents is 1. The fraction of sp³-hybridized carbons (Fsp3) is 0.320. The van der Waals surface area contributed by atoms with E-state index in [9.17, 15) is 14.9 Å². The molecule has 1 saturated heterocycles. The second-order valence-corrected chi connectivity index (χ2v) is 8.20. The van der Waals surface area contributed by atoms with Crippen molar-refractivity contribution >= 4 is 40.5 Å². The highest BCUT2D eigenvalue weighted by Gasteiger charge is 2.19. The van der Waals surface area contributed by atoms with E-state index in [-0.39, 0.29) is 24.0 Å². The Morgan fingerprint density at radius 2 is 1.74 bits per heavy atom. The number of piperazine rings is 1. The van der Waals surface area contributed by atoms with E-state index in [1.54, 1.807) is 0 Å². The van der Waals surface area contributed by atoms with E-state index >= 15 is 0 Å². The van der Waals surface area contributed by atoms with Crippen molar-refractivity contribution in [2.75, 3.05) is 45.2 Å². The van der Waals surface area contributed by atoms with E-state index < -0.39 is 4.92 Å². The van der Waals surface area contributed by atoms with Gasteiger partial charge in [0.25, 0.3) is 5.69 Å². The Morgan fingerprint density at radius 1 is 1.03 bits per heavy atom. The van der Waals surface area contributed by atoms with Crippen LogP contribution < -0.4 is 10.1 Å². The van der Waals surface area contributed by atoms with Crippen LogP contribution in [0.3, 0.4) is 0 Å². The van der Waals surface area contributed by atoms with Gasteiger partial charge in [0, 0.05) is 57.8 Å². The number of carbonyl (C=O) groups excluding carboxylic acids is 1. The molecule has 0 aliphatic carbocycles. The monoisotopic (exact) mass is 484 g/mol. The predicted octanol–water partition coefficient (Wildman–Crippen LogP) is 4.32. The van der Waals surface area contributed by atoms with Gasteiger partial charge in [0.1, 0.15) is 5.75 Å². The molecule has 0 bridgehead atoms. The van der Waals surface area contributed by atoms with Gasteiger partial charge in [-0.1, -0.05) is 42.5 Å². The first-order chi connectivity index (χ1) is 16.0. The molecule has 0 saturated carbocycles. The summed E-state index contributed by atoms with van der Waals surface area (Å²) in [6, 6.07) is 19.1. The first-order valence-electron chi connectivity index (χ1n) is 11.1. The zero-order chi connectivity index (χ0) is 23.2. The minimum absolute atomic E-state index is 0. The van der Waals surface area contributed by atoms with Crippen molar-refractivity contribution in [3.8, 4) is 5.75 Å². The first-order valence-corrected chi connectivity index (χ1v) is 11.1. The molecule has 0 atom stereocenters. The van der Waals surface area contributed by atoms with Crippen molar-refractivity contribution in [1.82, 2.24) is 9.80 Å². The third kappa shape index (κ3) is 6.22. The number of hydrogen-bond acceptors (Lipinski definition) is 6. The number of benzene rings is 3. The number of nitrogens with one attached hydrogen (secondary N) is 1. The molecule has 0 aromatic heterocycles. The summed E-state index contributed by atoms with van der Waals surface area (Å²) >= 11 is 0. The summed E-state index contributed by atoms with van der Waals surface area (Å²) in [5.74, 6) is 0.211. The Balaban J connectivity index is 0.00000324. The Bertz CT molecular complexity index is 1140. The number of carbonyl (C=O) groups is 1. The minimum Gasteiger partial charge on any atom is -0.495 e. The lowest BCUT2D eigenvalue weighted by molar-refractivity contribution is -0.384. The number of nitrogens with zero attached hydrogens (tertiary/aromatic N) is 3. The van der Waals surface area contributed by atoms with Crippen LogP contribution in [0.2, 0.25) is 0 Å². The zero-order valence-electron chi connectivity index (χ0n) is 19.1. The molecule has 4 rings (SSSR count). The molecule has 8 nitrogen and oxygen atoms in total. The molecule has 1 amide bonds. The van der Waals surface area contributed by atoms with Gasteiger partial charge in [-0.15, -0.1) is 12.4 Å². The van der Waals surface area contributed by atoms with Crippen molar-refractivity contribution in [1.29, 1.82) is 0 Å². The van der Waals surface area contributed by atoms with E-state index in [0.29, 0.717) is 24.4 Å². The molecule has 1 N–H and O–H groups in total. The van der Waals surface area contributed by atoms with Crippen LogP contribution in [-0.4, -0.2) is 60.5 Å². The summed E-state index contributed by atoms with van der Waals surface area (Å²) in [7, 11) is 1.47. The van der Waals surface area contributed by atoms with Crippen LogP contribution >= 0.6 is 12.4 Å². The predicted molar refractivity (Wildman–Crippen MR) is 136 cm³/mol. The van der Waals surface area contributed by atoms with E-state index in [4.69, 9.17) is 4.74 Å². The number of rotatable bonds is 8. The number of nitro groups is 1. The van der Waals surface area contributed by atoms with E-state index in [1.807, 2.05) is 0 Å². The number of hydrogen-bond donors (Lipinski definition) is 1. The molecule has 0 radical (unpaired) electrons. The quantitative estimate of drug-likeness (QED) is 0.378. The van der Waals surface area contributed by atoms with Crippen LogP contribution in [0.1, 0.15) is 12.0 Å². The third-order valence-electron chi connectivity index (χ3n) is 6.06. The summed E-state index contributed by atoms with van der Waals surface area (Å²) in [5, 5.41) is 16.3. The molecule has 3 aromatic carbocycles. The van der Waals surface area contributed by atoms with E-state index in [2.05, 4.69) is 57.6 Å². The molecule has 0 spiro atoms. The topological polar surface area (TPSA) is 87.9 Å². The Kier molecular flexibility index (Phi) is 8.81. The normalized spacial score (nSPS) is 14.4. The highest BCUT2D eigenvalue weighted by atomic mass is 35.5. The summed E-state index contributed by atoms with van der Waals surface area (Å²) in [5.41, 5.74) is 1.57. The number of amides is 1. The Labute approximate surface area is 205 Å². The number of methoxy groups -OCH3 is 1. The molecule has 34 heavy (non-hydrogen) atoms. The van der Waals surface area contributed by atoms with E-state index in [1.165, 1.54) is 41.6 Å². The zero-order valence-corrected chi connectivity index (χ0v) is 19.9. The Morgan fingerprint density at radius 3 is 2.47 bits per heavy atom. The standard InChI is InChI=1S/C25H28N4O4.ClH/c1-33-24-10-9-21(29(31)32)17-23(24)26-25(30)11-12-27-13-15-28(16-14-27)18-20-7-4-6-19-5-2-3-8-22(19)20;/h2-10,17H,11-16,18H2,1H3,(H,26,30);1H. The highest BCUT2D eigenvalue weighted by Crippen LogP contribution is 2.29. The average molecular weight is 485 g/mol. The SMILES string of the molecule is COc1ccc([N+](=O)[O-])cc1NC(=O)CCN1CCN(Cc2cccc3ccccc23)CC1.Cl. The lowest BCUT2D eigenvalue weighted by Crippen LogP contribution is -2.46. The van der Waals surface area contributed by atoms with Crippen molar-refractivity contribution < 1.29 is 14.5 Å². The smallest absolute Gasteiger partial charge is 0.271 e. The van der Waals surface area contributed by atoms with Crippen LogP contribution in [0.25, 0.3) is 10.8 Å². The molecule has 180 valence electrons. The maximum absolute atomic E-state index is 12.5. The van der Waals surface area contributed by atoms with Gasteiger partial charge in [0.15, 0.2) is 0 Å². The van der Waals surface area contributed by atoms with Crippen LogP contribution in [0, 0.1) is 10.1 Å². The molecule has 1 heterocycles. The van der Waals surface area contributed by atoms with Gasteiger partial charge in [0.05, 0.1) is 17.7 Å². The highest BCUT2D eigenvalue weighted by molar-refractivity contribution is 5.92. The molecular weight excluding hydrogens is 456 g/mol. The minimum atomic E-state index is -0.493. The fourth-order valence-electron chi connectivity index (χ4n) is 4.22. The van der Waals surface area contributed by atoms with Crippen LogP contribution in [-0.2, 0) is 11.3 Å². The van der Waals surface area contributed by atoms with Gasteiger partial charge in [-0.05, 0) is 22.4 Å². The molecule has 0 unspecified atom stereocenters. The number of anilines is 1. The van der Waals surface area contributed by atoms with Gasteiger partial charge < -0.3 is 15.0 Å². The largest absolute Gasteiger partial charge is 0.495 e. The maximum Gasteiger partial charge on any atom is 0.271 e. The number of fused-ring (bicyclic) bond motifs is 1. The van der Waals surface area contributed by atoms with Gasteiger partial charge in [-0.25, -0.2) is 0 Å². The molecule has 1 aliphatic rings. The average Bonchev–Trinajstić information content (AvgIpc) is 2.84. The van der Waals surface area contributed by atoms with Gasteiger partial charge in [-0.3, -0.25) is 19.8 Å². The Hall–Kier alpha value is -3.20. The molecule has 1 aliphatic heterocycles. The fourth-order valence-corrected chi connectivity index (χ4v) is 4.22. The van der Waals surface area contributed by atoms with Crippen LogP contribution in [0.15, 0.2) is 60.7 Å². The number of halogens is 1. The van der Waals surface area contributed by atoms with Crippen molar-refractivity contribution in [2.45, 2.75) is 13.0 Å². The van der Waals surface area contributed by atoms with Crippen LogP contribution in [0.4, 0.5) is 11.4 Å². The molecule has 1 fully saturated rings.